The molecule has 0 radical (unpaired) electrons. The highest BCUT2D eigenvalue weighted by atomic mass is 19.1. The van der Waals surface area contributed by atoms with Crippen LogP contribution in [0.15, 0.2) is 59.0 Å². The molecule has 0 N–H and O–H groups in total. The first-order chi connectivity index (χ1) is 12.7. The van der Waals surface area contributed by atoms with Gasteiger partial charge >= 0.3 is 0 Å². The number of benzene rings is 2. The minimum Gasteiger partial charge on any atom is -0.420 e. The van der Waals surface area contributed by atoms with E-state index in [2.05, 4.69) is 10.2 Å². The van der Waals surface area contributed by atoms with Crippen molar-refractivity contribution in [3.05, 3.63) is 71.9 Å². The lowest BCUT2D eigenvalue weighted by molar-refractivity contribution is 0.0698. The Hall–Kier alpha value is -3.02. The summed E-state index contributed by atoms with van der Waals surface area (Å²) >= 11 is 0. The van der Waals surface area contributed by atoms with Crippen molar-refractivity contribution in [1.29, 1.82) is 0 Å². The highest BCUT2D eigenvalue weighted by molar-refractivity contribution is 5.94. The number of aromatic nitrogens is 2. The molecular weight excluding hydrogens is 333 g/mol. The average molecular weight is 351 g/mol. The maximum Gasteiger partial charge on any atom is 0.253 e. The normalized spacial score (nSPS) is 17.3. The van der Waals surface area contributed by atoms with Gasteiger partial charge in [-0.05, 0) is 49.2 Å². The lowest BCUT2D eigenvalue weighted by Gasteiger charge is -2.31. The highest BCUT2D eigenvalue weighted by Crippen LogP contribution is 2.29. The van der Waals surface area contributed by atoms with Crippen LogP contribution in [0.1, 0.15) is 35.0 Å². The van der Waals surface area contributed by atoms with Crippen molar-refractivity contribution in [3.63, 3.8) is 0 Å². The number of carbonyl (C=O) groups is 1. The van der Waals surface area contributed by atoms with Crippen LogP contribution >= 0.6 is 0 Å². The van der Waals surface area contributed by atoms with Crippen LogP contribution in [0.3, 0.4) is 0 Å². The molecule has 1 aliphatic rings. The van der Waals surface area contributed by atoms with Crippen molar-refractivity contribution in [1.82, 2.24) is 15.1 Å². The summed E-state index contributed by atoms with van der Waals surface area (Å²) in [6.07, 6.45) is 1.75. The van der Waals surface area contributed by atoms with Crippen LogP contribution in [0, 0.1) is 5.82 Å². The number of amides is 1. The molecule has 1 unspecified atom stereocenters. The fourth-order valence-corrected chi connectivity index (χ4v) is 3.24. The molecule has 1 amide bonds. The summed E-state index contributed by atoms with van der Waals surface area (Å²) < 4.78 is 18.9. The third-order valence-corrected chi connectivity index (χ3v) is 4.61. The number of nitrogens with zero attached hydrogens (tertiary/aromatic N) is 3. The van der Waals surface area contributed by atoms with E-state index in [0.29, 0.717) is 30.4 Å². The number of likely N-dealkylation sites (tertiary alicyclic amines) is 1. The molecule has 0 spiro atoms. The third-order valence-electron chi connectivity index (χ3n) is 4.61. The van der Waals surface area contributed by atoms with E-state index in [0.717, 1.165) is 18.4 Å². The van der Waals surface area contributed by atoms with Crippen LogP contribution in [0.5, 0.6) is 0 Å². The minimum absolute atomic E-state index is 0.0121. The SMILES string of the molecule is O=C(c1ccc(F)cc1)N1CCCC(c2nnc(-c3ccccc3)o2)C1. The molecule has 2 heterocycles. The van der Waals surface area contributed by atoms with Gasteiger partial charge in [-0.15, -0.1) is 10.2 Å². The lowest BCUT2D eigenvalue weighted by Crippen LogP contribution is -2.39. The van der Waals surface area contributed by atoms with Crippen molar-refractivity contribution in [2.45, 2.75) is 18.8 Å². The fraction of sp³-hybridized carbons (Fsp3) is 0.250. The Labute approximate surface area is 150 Å². The van der Waals surface area contributed by atoms with E-state index in [1.54, 1.807) is 4.90 Å². The number of carbonyl (C=O) groups excluding carboxylic acids is 1. The van der Waals surface area contributed by atoms with E-state index in [-0.39, 0.29) is 17.6 Å². The highest BCUT2D eigenvalue weighted by Gasteiger charge is 2.29. The standard InChI is InChI=1S/C20H18FN3O2/c21-17-10-8-15(9-11-17)20(25)24-12-4-7-16(13-24)19-23-22-18(26-19)14-5-2-1-3-6-14/h1-3,5-6,8-11,16H,4,7,12-13H2. The Morgan fingerprint density at radius 1 is 1.08 bits per heavy atom. The molecule has 2 aromatic carbocycles. The molecule has 5 nitrogen and oxygen atoms in total. The summed E-state index contributed by atoms with van der Waals surface area (Å²) in [5.41, 5.74) is 1.36. The summed E-state index contributed by atoms with van der Waals surface area (Å²) in [7, 11) is 0. The minimum atomic E-state index is -0.350. The van der Waals surface area contributed by atoms with Gasteiger partial charge in [-0.3, -0.25) is 4.79 Å². The van der Waals surface area contributed by atoms with Crippen molar-refractivity contribution in [3.8, 4) is 11.5 Å². The molecule has 6 heteroatoms. The Morgan fingerprint density at radius 3 is 2.62 bits per heavy atom. The third kappa shape index (κ3) is 3.35. The lowest BCUT2D eigenvalue weighted by atomic mass is 9.97. The van der Waals surface area contributed by atoms with Gasteiger partial charge in [0.2, 0.25) is 11.8 Å². The van der Waals surface area contributed by atoms with Crippen molar-refractivity contribution < 1.29 is 13.6 Å². The zero-order valence-electron chi connectivity index (χ0n) is 14.1. The summed E-state index contributed by atoms with van der Waals surface area (Å²) in [6, 6.07) is 15.2. The molecule has 1 saturated heterocycles. The number of hydrogen-bond acceptors (Lipinski definition) is 4. The number of hydrogen-bond donors (Lipinski definition) is 0. The summed E-state index contributed by atoms with van der Waals surface area (Å²) in [5, 5.41) is 8.33. The van der Waals surface area contributed by atoms with Crippen molar-refractivity contribution in [2.75, 3.05) is 13.1 Å². The van der Waals surface area contributed by atoms with Gasteiger partial charge in [0.25, 0.3) is 5.91 Å². The molecule has 1 aliphatic heterocycles. The Kier molecular flexibility index (Phi) is 4.48. The summed E-state index contributed by atoms with van der Waals surface area (Å²) in [5.74, 6) is 0.607. The Morgan fingerprint density at radius 2 is 1.85 bits per heavy atom. The molecule has 0 saturated carbocycles. The number of piperidine rings is 1. The van der Waals surface area contributed by atoms with E-state index < -0.39 is 0 Å². The molecule has 4 rings (SSSR count). The first kappa shape index (κ1) is 16.4. The zero-order valence-corrected chi connectivity index (χ0v) is 14.1. The predicted octanol–water partition coefficient (Wildman–Crippen LogP) is 3.90. The first-order valence-corrected chi connectivity index (χ1v) is 8.64. The van der Waals surface area contributed by atoms with Gasteiger partial charge < -0.3 is 9.32 Å². The van der Waals surface area contributed by atoms with Gasteiger partial charge in [0, 0.05) is 24.2 Å². The molecule has 3 aromatic rings. The average Bonchev–Trinajstić information content (AvgIpc) is 3.19. The summed E-state index contributed by atoms with van der Waals surface area (Å²) in [6.45, 7) is 1.19. The van der Waals surface area contributed by atoms with Gasteiger partial charge in [0.15, 0.2) is 0 Å². The molecule has 0 bridgehead atoms. The van der Waals surface area contributed by atoms with E-state index >= 15 is 0 Å². The van der Waals surface area contributed by atoms with Crippen LogP contribution in [-0.2, 0) is 0 Å². The molecule has 1 atom stereocenters. The second-order valence-electron chi connectivity index (χ2n) is 6.41. The fourth-order valence-electron chi connectivity index (χ4n) is 3.24. The van der Waals surface area contributed by atoms with Gasteiger partial charge in [0.05, 0.1) is 5.92 Å². The molecule has 1 fully saturated rings. The van der Waals surface area contributed by atoms with Crippen LogP contribution in [0.25, 0.3) is 11.5 Å². The largest absolute Gasteiger partial charge is 0.420 e. The maximum absolute atomic E-state index is 13.1. The molecule has 0 aliphatic carbocycles. The molecule has 1 aromatic heterocycles. The quantitative estimate of drug-likeness (QED) is 0.718. The van der Waals surface area contributed by atoms with Gasteiger partial charge in [-0.25, -0.2) is 4.39 Å². The molecule has 132 valence electrons. The van der Waals surface area contributed by atoms with Gasteiger partial charge in [0.1, 0.15) is 5.82 Å². The molecular formula is C20H18FN3O2. The smallest absolute Gasteiger partial charge is 0.253 e. The Balaban J connectivity index is 1.49. The van der Waals surface area contributed by atoms with Crippen LogP contribution in [0.2, 0.25) is 0 Å². The predicted molar refractivity (Wildman–Crippen MR) is 94.0 cm³/mol. The van der Waals surface area contributed by atoms with Gasteiger partial charge in [-0.2, -0.15) is 0 Å². The van der Waals surface area contributed by atoms with E-state index in [1.165, 1.54) is 24.3 Å². The second-order valence-corrected chi connectivity index (χ2v) is 6.41. The number of rotatable bonds is 3. The van der Waals surface area contributed by atoms with Crippen LogP contribution in [0.4, 0.5) is 4.39 Å². The van der Waals surface area contributed by atoms with Gasteiger partial charge in [-0.1, -0.05) is 18.2 Å². The van der Waals surface area contributed by atoms with Crippen molar-refractivity contribution in [2.24, 2.45) is 0 Å². The monoisotopic (exact) mass is 351 g/mol. The van der Waals surface area contributed by atoms with E-state index in [1.807, 2.05) is 30.3 Å². The van der Waals surface area contributed by atoms with E-state index in [4.69, 9.17) is 4.42 Å². The zero-order chi connectivity index (χ0) is 17.9. The van der Waals surface area contributed by atoms with E-state index in [9.17, 15) is 9.18 Å². The number of halogens is 1. The maximum atomic E-state index is 13.1. The molecule has 26 heavy (non-hydrogen) atoms. The second kappa shape index (κ2) is 7.07. The summed E-state index contributed by atoms with van der Waals surface area (Å²) in [4.78, 5) is 14.4. The topological polar surface area (TPSA) is 59.2 Å². The Bertz CT molecular complexity index is 893. The van der Waals surface area contributed by atoms with Crippen LogP contribution in [-0.4, -0.2) is 34.1 Å². The first-order valence-electron chi connectivity index (χ1n) is 8.64. The van der Waals surface area contributed by atoms with Crippen molar-refractivity contribution >= 4 is 5.91 Å². The van der Waals surface area contributed by atoms with Crippen LogP contribution < -0.4 is 0 Å².